The lowest BCUT2D eigenvalue weighted by Gasteiger charge is -2.31. The summed E-state index contributed by atoms with van der Waals surface area (Å²) in [5.41, 5.74) is 6.02. The van der Waals surface area contributed by atoms with Crippen LogP contribution in [0, 0.1) is 0 Å². The maximum Gasteiger partial charge on any atom is 0.409 e. The molecule has 1 aliphatic carbocycles. The molecule has 0 aromatic rings. The molecule has 0 aromatic heterocycles. The van der Waals surface area contributed by atoms with Crippen LogP contribution in [0.3, 0.4) is 0 Å². The smallest absolute Gasteiger partial charge is 0.409 e. The SMILES string of the molecule is CCOC(=O)N1CCC(NC(N)=NCCN(C(C)C)C2CC2)CC1.I. The van der Waals surface area contributed by atoms with Gasteiger partial charge in [0.2, 0.25) is 0 Å². The highest BCUT2D eigenvalue weighted by Crippen LogP contribution is 2.28. The topological polar surface area (TPSA) is 83.2 Å². The third-order valence-electron chi connectivity index (χ3n) is 4.69. The second-order valence-corrected chi connectivity index (χ2v) is 6.93. The maximum atomic E-state index is 11.7. The van der Waals surface area contributed by atoms with E-state index in [9.17, 15) is 4.79 Å². The van der Waals surface area contributed by atoms with Gasteiger partial charge in [-0.25, -0.2) is 4.79 Å². The van der Waals surface area contributed by atoms with Crippen LogP contribution in [0.15, 0.2) is 4.99 Å². The summed E-state index contributed by atoms with van der Waals surface area (Å²) < 4.78 is 5.03. The van der Waals surface area contributed by atoms with Gasteiger partial charge in [0, 0.05) is 37.8 Å². The van der Waals surface area contributed by atoms with Gasteiger partial charge in [-0.2, -0.15) is 0 Å². The Kier molecular flexibility index (Phi) is 9.84. The third-order valence-corrected chi connectivity index (χ3v) is 4.69. The summed E-state index contributed by atoms with van der Waals surface area (Å²) in [4.78, 5) is 20.4. The molecule has 7 nitrogen and oxygen atoms in total. The summed E-state index contributed by atoms with van der Waals surface area (Å²) in [7, 11) is 0. The lowest BCUT2D eigenvalue weighted by atomic mass is 10.1. The molecular formula is C17H34IN5O2. The molecule has 1 saturated heterocycles. The molecule has 25 heavy (non-hydrogen) atoms. The van der Waals surface area contributed by atoms with Crippen LogP contribution in [0.2, 0.25) is 0 Å². The average Bonchev–Trinajstić information content (AvgIpc) is 3.37. The van der Waals surface area contributed by atoms with E-state index in [1.165, 1.54) is 12.8 Å². The number of piperidine rings is 1. The number of hydrogen-bond acceptors (Lipinski definition) is 4. The number of guanidine groups is 1. The number of halogens is 1. The van der Waals surface area contributed by atoms with Crippen molar-refractivity contribution in [3.8, 4) is 0 Å². The normalized spacial score (nSPS) is 19.1. The van der Waals surface area contributed by atoms with Crippen LogP contribution in [0.25, 0.3) is 0 Å². The maximum absolute atomic E-state index is 11.7. The molecule has 8 heteroatoms. The van der Waals surface area contributed by atoms with E-state index in [-0.39, 0.29) is 36.1 Å². The van der Waals surface area contributed by atoms with Crippen molar-refractivity contribution in [2.75, 3.05) is 32.8 Å². The van der Waals surface area contributed by atoms with Crippen LogP contribution in [0.4, 0.5) is 4.79 Å². The van der Waals surface area contributed by atoms with Gasteiger partial charge >= 0.3 is 6.09 Å². The molecule has 1 heterocycles. The fourth-order valence-corrected chi connectivity index (χ4v) is 3.23. The molecular weight excluding hydrogens is 433 g/mol. The van der Waals surface area contributed by atoms with Crippen molar-refractivity contribution in [2.45, 2.75) is 64.6 Å². The lowest BCUT2D eigenvalue weighted by Crippen LogP contribution is -2.48. The number of aliphatic imine (C=N–C) groups is 1. The van der Waals surface area contributed by atoms with Crippen LogP contribution in [0.1, 0.15) is 46.5 Å². The average molecular weight is 467 g/mol. The number of amides is 1. The summed E-state index contributed by atoms with van der Waals surface area (Å²) in [5, 5.41) is 3.29. The van der Waals surface area contributed by atoms with Gasteiger partial charge in [-0.1, -0.05) is 0 Å². The summed E-state index contributed by atoms with van der Waals surface area (Å²) >= 11 is 0. The minimum absolute atomic E-state index is 0. The first-order valence-corrected chi connectivity index (χ1v) is 9.25. The van der Waals surface area contributed by atoms with Gasteiger partial charge in [0.15, 0.2) is 5.96 Å². The molecule has 1 aliphatic heterocycles. The lowest BCUT2D eigenvalue weighted by molar-refractivity contribution is 0.0963. The zero-order chi connectivity index (χ0) is 17.5. The number of nitrogens with one attached hydrogen (secondary N) is 1. The van der Waals surface area contributed by atoms with Crippen molar-refractivity contribution in [3.05, 3.63) is 0 Å². The van der Waals surface area contributed by atoms with Gasteiger partial charge in [-0.15, -0.1) is 24.0 Å². The zero-order valence-electron chi connectivity index (χ0n) is 15.7. The fourth-order valence-electron chi connectivity index (χ4n) is 3.23. The van der Waals surface area contributed by atoms with Gasteiger partial charge in [-0.3, -0.25) is 9.89 Å². The molecule has 0 radical (unpaired) electrons. The molecule has 0 atom stereocenters. The van der Waals surface area contributed by atoms with Crippen LogP contribution >= 0.6 is 24.0 Å². The van der Waals surface area contributed by atoms with E-state index in [1.807, 2.05) is 6.92 Å². The van der Waals surface area contributed by atoms with Crippen molar-refractivity contribution >= 4 is 36.0 Å². The van der Waals surface area contributed by atoms with Crippen molar-refractivity contribution in [1.29, 1.82) is 0 Å². The Bertz CT molecular complexity index is 433. The number of nitrogens with two attached hydrogens (primary N) is 1. The second kappa shape index (κ2) is 11.1. The molecule has 2 rings (SSSR count). The summed E-state index contributed by atoms with van der Waals surface area (Å²) in [5.74, 6) is 0.518. The number of carbonyl (C=O) groups excluding carboxylic acids is 1. The van der Waals surface area contributed by atoms with E-state index in [0.29, 0.717) is 31.7 Å². The van der Waals surface area contributed by atoms with Gasteiger partial charge in [-0.05, 0) is 46.5 Å². The Labute approximate surface area is 168 Å². The summed E-state index contributed by atoms with van der Waals surface area (Å²) in [6.45, 7) is 9.82. The molecule has 146 valence electrons. The van der Waals surface area contributed by atoms with E-state index in [4.69, 9.17) is 10.5 Å². The van der Waals surface area contributed by atoms with Crippen molar-refractivity contribution in [1.82, 2.24) is 15.1 Å². The highest BCUT2D eigenvalue weighted by molar-refractivity contribution is 14.0. The van der Waals surface area contributed by atoms with Crippen molar-refractivity contribution in [3.63, 3.8) is 0 Å². The second-order valence-electron chi connectivity index (χ2n) is 6.93. The van der Waals surface area contributed by atoms with Gasteiger partial charge in [0.1, 0.15) is 0 Å². The molecule has 0 aromatic carbocycles. The molecule has 1 amide bonds. The number of ether oxygens (including phenoxy) is 1. The number of rotatable bonds is 7. The first-order chi connectivity index (χ1) is 11.5. The van der Waals surface area contributed by atoms with Crippen LogP contribution < -0.4 is 11.1 Å². The highest BCUT2D eigenvalue weighted by Gasteiger charge is 2.30. The van der Waals surface area contributed by atoms with Crippen LogP contribution in [-0.4, -0.2) is 72.8 Å². The van der Waals surface area contributed by atoms with Gasteiger partial charge < -0.3 is 20.7 Å². The van der Waals surface area contributed by atoms with E-state index >= 15 is 0 Å². The molecule has 3 N–H and O–H groups in total. The van der Waals surface area contributed by atoms with Crippen LogP contribution in [0.5, 0.6) is 0 Å². The first kappa shape index (κ1) is 22.3. The summed E-state index contributed by atoms with van der Waals surface area (Å²) in [6, 6.07) is 1.60. The Morgan fingerprint density at radius 3 is 2.48 bits per heavy atom. The Balaban J connectivity index is 0.00000312. The van der Waals surface area contributed by atoms with E-state index < -0.39 is 0 Å². The standard InChI is InChI=1S/C17H33N5O2.HI/c1-4-24-17(23)21-10-7-14(8-11-21)20-16(18)19-9-12-22(13(2)3)15-5-6-15;/h13-15H,4-12H2,1-3H3,(H3,18,19,20);1H. The predicted octanol–water partition coefficient (Wildman–Crippen LogP) is 2.00. The van der Waals surface area contributed by atoms with E-state index in [2.05, 4.69) is 29.1 Å². The number of hydrogen-bond donors (Lipinski definition) is 2. The Hall–Kier alpha value is -0.770. The summed E-state index contributed by atoms with van der Waals surface area (Å²) in [6.07, 6.45) is 4.15. The van der Waals surface area contributed by atoms with E-state index in [0.717, 1.165) is 32.0 Å². The molecule has 1 saturated carbocycles. The largest absolute Gasteiger partial charge is 0.450 e. The number of likely N-dealkylation sites (tertiary alicyclic amines) is 1. The monoisotopic (exact) mass is 467 g/mol. The van der Waals surface area contributed by atoms with Crippen molar-refractivity contribution in [2.24, 2.45) is 10.7 Å². The third kappa shape index (κ3) is 7.55. The quantitative estimate of drug-likeness (QED) is 0.340. The fraction of sp³-hybridized carbons (Fsp3) is 0.882. The molecule has 0 bridgehead atoms. The Morgan fingerprint density at radius 1 is 1.32 bits per heavy atom. The van der Waals surface area contributed by atoms with Crippen molar-refractivity contribution < 1.29 is 9.53 Å². The molecule has 2 fully saturated rings. The van der Waals surface area contributed by atoms with Crippen LogP contribution in [-0.2, 0) is 4.74 Å². The minimum Gasteiger partial charge on any atom is -0.450 e. The predicted molar refractivity (Wildman–Crippen MR) is 112 cm³/mol. The first-order valence-electron chi connectivity index (χ1n) is 9.25. The molecule has 0 spiro atoms. The van der Waals surface area contributed by atoms with Gasteiger partial charge in [0.25, 0.3) is 0 Å². The molecule has 0 unspecified atom stereocenters. The highest BCUT2D eigenvalue weighted by atomic mass is 127. The minimum atomic E-state index is -0.216. The molecule has 2 aliphatic rings. The van der Waals surface area contributed by atoms with E-state index in [1.54, 1.807) is 4.90 Å². The Morgan fingerprint density at radius 2 is 1.96 bits per heavy atom. The van der Waals surface area contributed by atoms with Gasteiger partial charge in [0.05, 0.1) is 13.2 Å². The zero-order valence-corrected chi connectivity index (χ0v) is 18.1. The number of nitrogens with zero attached hydrogens (tertiary/aromatic N) is 3. The number of carbonyl (C=O) groups is 1.